The molecule has 0 amide bonds. The van der Waals surface area contributed by atoms with E-state index >= 15 is 0 Å². The van der Waals surface area contributed by atoms with E-state index in [1.165, 1.54) is 12.4 Å². The number of nitrogens with zero attached hydrogens (tertiary/aromatic N) is 2. The Balaban J connectivity index is 0.000000771. The molecular weight excluding hydrogens is 229 g/mol. The molecule has 0 radical (unpaired) electrons. The van der Waals surface area contributed by atoms with Crippen molar-refractivity contribution in [2.75, 3.05) is 0 Å². The number of hydrogen-bond acceptors (Lipinski definition) is 2. The molecule has 1 heterocycles. The fraction of sp³-hybridized carbons (Fsp3) is 0.286. The van der Waals surface area contributed by atoms with Crippen LogP contribution in [0.4, 0.5) is 4.39 Å². The molecule has 1 aromatic heterocycles. The van der Waals surface area contributed by atoms with Crippen molar-refractivity contribution in [1.82, 2.24) is 9.97 Å². The highest BCUT2D eigenvalue weighted by Gasteiger charge is 2.09. The van der Waals surface area contributed by atoms with Gasteiger partial charge in [-0.3, -0.25) is 4.99 Å². The third kappa shape index (κ3) is 2.64. The van der Waals surface area contributed by atoms with Gasteiger partial charge in [0.25, 0.3) is 0 Å². The number of hydrogen-bond donors (Lipinski definition) is 1. The number of H-pyrrole nitrogens is 1. The van der Waals surface area contributed by atoms with Crippen molar-refractivity contribution in [2.24, 2.45) is 4.99 Å². The molecule has 0 saturated carbocycles. The molecule has 0 atom stereocenters. The Morgan fingerprint density at radius 3 is 2.56 bits per heavy atom. The molecule has 0 fully saturated rings. The number of allylic oxidation sites excluding steroid dienone is 1. The second-order valence-electron chi connectivity index (χ2n) is 3.76. The van der Waals surface area contributed by atoms with Crippen LogP contribution in [-0.2, 0) is 0 Å². The SMILES string of the molecule is C=NC(=C(C)C)c1cc(F)c2nc[nH]c2c1.CC. The molecule has 3 nitrogen and oxygen atoms in total. The summed E-state index contributed by atoms with van der Waals surface area (Å²) in [7, 11) is 0. The maximum absolute atomic E-state index is 13.7. The highest BCUT2D eigenvalue weighted by Crippen LogP contribution is 2.24. The van der Waals surface area contributed by atoms with Crippen LogP contribution in [0, 0.1) is 5.82 Å². The van der Waals surface area contributed by atoms with Gasteiger partial charge in [0.1, 0.15) is 5.52 Å². The Bertz CT molecular complexity index is 578. The van der Waals surface area contributed by atoms with E-state index in [4.69, 9.17) is 0 Å². The molecule has 96 valence electrons. The molecule has 0 unspecified atom stereocenters. The molecule has 0 spiro atoms. The normalized spacial score (nSPS) is 9.61. The zero-order valence-electron chi connectivity index (χ0n) is 11.2. The number of aliphatic imine (C=N–C) groups is 1. The molecule has 0 aliphatic carbocycles. The number of nitrogens with one attached hydrogen (secondary N) is 1. The first-order valence-electron chi connectivity index (χ1n) is 5.90. The minimum atomic E-state index is -0.351. The van der Waals surface area contributed by atoms with Gasteiger partial charge in [0.05, 0.1) is 17.5 Å². The topological polar surface area (TPSA) is 41.0 Å². The van der Waals surface area contributed by atoms with E-state index in [0.717, 1.165) is 5.57 Å². The van der Waals surface area contributed by atoms with Gasteiger partial charge < -0.3 is 4.98 Å². The van der Waals surface area contributed by atoms with E-state index in [-0.39, 0.29) is 5.82 Å². The van der Waals surface area contributed by atoms with Crippen molar-refractivity contribution >= 4 is 23.4 Å². The number of rotatable bonds is 2. The third-order valence-corrected chi connectivity index (χ3v) is 2.38. The number of aromatic nitrogens is 2. The van der Waals surface area contributed by atoms with Crippen LogP contribution in [0.25, 0.3) is 16.7 Å². The number of halogens is 1. The number of imidazole rings is 1. The molecule has 0 aliphatic rings. The van der Waals surface area contributed by atoms with Crippen molar-refractivity contribution in [3.05, 3.63) is 35.4 Å². The third-order valence-electron chi connectivity index (χ3n) is 2.38. The van der Waals surface area contributed by atoms with E-state index in [1.54, 1.807) is 0 Å². The summed E-state index contributed by atoms with van der Waals surface area (Å²) in [4.78, 5) is 10.7. The second-order valence-corrected chi connectivity index (χ2v) is 3.76. The number of aromatic amines is 1. The number of fused-ring (bicyclic) bond motifs is 1. The lowest BCUT2D eigenvalue weighted by Gasteiger charge is -2.04. The molecular formula is C14H18FN3. The summed E-state index contributed by atoms with van der Waals surface area (Å²) in [5.41, 5.74) is 3.42. The molecule has 2 aromatic rings. The van der Waals surface area contributed by atoms with Crippen LogP contribution in [0.1, 0.15) is 33.3 Å². The molecule has 0 saturated heterocycles. The van der Waals surface area contributed by atoms with Crippen LogP contribution in [0.15, 0.2) is 29.0 Å². The molecule has 2 rings (SSSR count). The molecule has 18 heavy (non-hydrogen) atoms. The number of benzene rings is 1. The fourth-order valence-electron chi connectivity index (χ4n) is 1.68. The fourth-order valence-corrected chi connectivity index (χ4v) is 1.68. The van der Waals surface area contributed by atoms with Gasteiger partial charge in [-0.05, 0) is 32.7 Å². The van der Waals surface area contributed by atoms with Gasteiger partial charge >= 0.3 is 0 Å². The van der Waals surface area contributed by atoms with Gasteiger partial charge in [0.2, 0.25) is 0 Å². The Kier molecular flexibility index (Phi) is 4.77. The Hall–Kier alpha value is -1.97. The summed E-state index contributed by atoms with van der Waals surface area (Å²) in [5, 5.41) is 0. The second kappa shape index (κ2) is 6.10. The quantitative estimate of drug-likeness (QED) is 0.795. The average molecular weight is 247 g/mol. The maximum atomic E-state index is 13.7. The minimum absolute atomic E-state index is 0.348. The van der Waals surface area contributed by atoms with Crippen molar-refractivity contribution in [3.8, 4) is 0 Å². The lowest BCUT2D eigenvalue weighted by atomic mass is 10.1. The highest BCUT2D eigenvalue weighted by molar-refractivity contribution is 5.82. The lowest BCUT2D eigenvalue weighted by molar-refractivity contribution is 0.637. The summed E-state index contributed by atoms with van der Waals surface area (Å²) in [6.07, 6.45) is 1.47. The highest BCUT2D eigenvalue weighted by atomic mass is 19.1. The average Bonchev–Trinajstić information content (AvgIpc) is 2.81. The smallest absolute Gasteiger partial charge is 0.151 e. The van der Waals surface area contributed by atoms with E-state index < -0.39 is 0 Å². The molecule has 0 aliphatic heterocycles. The van der Waals surface area contributed by atoms with Crippen LogP contribution < -0.4 is 0 Å². The Morgan fingerprint density at radius 1 is 1.33 bits per heavy atom. The molecule has 0 bridgehead atoms. The van der Waals surface area contributed by atoms with E-state index in [9.17, 15) is 4.39 Å². The molecule has 1 aromatic carbocycles. The summed E-state index contributed by atoms with van der Waals surface area (Å²) < 4.78 is 13.7. The Morgan fingerprint density at radius 2 is 2.00 bits per heavy atom. The first-order chi connectivity index (χ1) is 8.63. The summed E-state index contributed by atoms with van der Waals surface area (Å²) >= 11 is 0. The summed E-state index contributed by atoms with van der Waals surface area (Å²) in [6.45, 7) is 11.3. The van der Waals surface area contributed by atoms with Crippen molar-refractivity contribution in [2.45, 2.75) is 27.7 Å². The van der Waals surface area contributed by atoms with Gasteiger partial charge in [0.15, 0.2) is 5.82 Å². The largest absolute Gasteiger partial charge is 0.344 e. The van der Waals surface area contributed by atoms with Crippen molar-refractivity contribution in [1.29, 1.82) is 0 Å². The van der Waals surface area contributed by atoms with Gasteiger partial charge in [-0.15, -0.1) is 0 Å². The lowest BCUT2D eigenvalue weighted by Crippen LogP contribution is -1.88. The first kappa shape index (κ1) is 14.1. The zero-order chi connectivity index (χ0) is 13.7. The van der Waals surface area contributed by atoms with Gasteiger partial charge in [-0.2, -0.15) is 0 Å². The minimum Gasteiger partial charge on any atom is -0.344 e. The monoisotopic (exact) mass is 247 g/mol. The zero-order valence-corrected chi connectivity index (χ0v) is 11.2. The van der Waals surface area contributed by atoms with E-state index in [2.05, 4.69) is 21.7 Å². The van der Waals surface area contributed by atoms with Crippen molar-refractivity contribution < 1.29 is 4.39 Å². The van der Waals surface area contributed by atoms with Crippen molar-refractivity contribution in [3.63, 3.8) is 0 Å². The van der Waals surface area contributed by atoms with Crippen LogP contribution in [0.3, 0.4) is 0 Å². The van der Waals surface area contributed by atoms with Crippen LogP contribution in [-0.4, -0.2) is 16.7 Å². The standard InChI is InChI=1S/C12H12FN3.C2H6/c1-7(2)11(14-3)8-4-9(13)12-10(5-8)15-6-16-12;1-2/h4-6H,3H2,1-2H3,(H,15,16);1-2H3. The van der Waals surface area contributed by atoms with Gasteiger partial charge in [-0.25, -0.2) is 9.37 Å². The maximum Gasteiger partial charge on any atom is 0.151 e. The summed E-state index contributed by atoms with van der Waals surface area (Å²) in [6, 6.07) is 3.25. The van der Waals surface area contributed by atoms with Crippen LogP contribution in [0.5, 0.6) is 0 Å². The summed E-state index contributed by atoms with van der Waals surface area (Å²) in [5.74, 6) is -0.351. The first-order valence-corrected chi connectivity index (χ1v) is 5.90. The van der Waals surface area contributed by atoms with Crippen LogP contribution in [0.2, 0.25) is 0 Å². The van der Waals surface area contributed by atoms with E-state index in [0.29, 0.717) is 22.3 Å². The predicted octanol–water partition coefficient (Wildman–Crippen LogP) is 4.18. The van der Waals surface area contributed by atoms with E-state index in [1.807, 2.05) is 33.8 Å². The molecule has 4 heteroatoms. The molecule has 1 N–H and O–H groups in total. The van der Waals surface area contributed by atoms with Gasteiger partial charge in [-0.1, -0.05) is 19.4 Å². The van der Waals surface area contributed by atoms with Gasteiger partial charge in [0, 0.05) is 5.56 Å². The van der Waals surface area contributed by atoms with Crippen LogP contribution >= 0.6 is 0 Å². The predicted molar refractivity (Wildman–Crippen MR) is 75.2 cm³/mol. The Labute approximate surface area is 106 Å².